The zero-order valence-corrected chi connectivity index (χ0v) is 18.6. The molecule has 28 heavy (non-hydrogen) atoms. The molecule has 3 rings (SSSR count). The summed E-state index contributed by atoms with van der Waals surface area (Å²) in [4.78, 5) is 2.16. The highest BCUT2D eigenvalue weighted by Gasteiger charge is 2.55. The first kappa shape index (κ1) is 22.2. The van der Waals surface area contributed by atoms with Gasteiger partial charge in [0.25, 0.3) is 0 Å². The van der Waals surface area contributed by atoms with Gasteiger partial charge in [-0.2, -0.15) is 0 Å². The summed E-state index contributed by atoms with van der Waals surface area (Å²) < 4.78 is 42.4. The van der Waals surface area contributed by atoms with Crippen molar-refractivity contribution in [3.63, 3.8) is 0 Å². The standard InChI is InChI=1S/C19H28Cl2FN3O2S/c1-18(25-12-10-23-11-13-25,15-4-3-5-16(20)17(15)21)19(22)8-6-14(7-9-19)24-28(2,26)27/h3-5,14,23-24H,6-13H2,1-2H3. The Morgan fingerprint density at radius 3 is 2.43 bits per heavy atom. The van der Waals surface area contributed by atoms with Crippen LogP contribution in [0.25, 0.3) is 0 Å². The largest absolute Gasteiger partial charge is 0.314 e. The minimum atomic E-state index is -3.31. The number of piperazine rings is 1. The molecule has 0 radical (unpaired) electrons. The van der Waals surface area contributed by atoms with Crippen LogP contribution in [-0.2, 0) is 15.6 Å². The summed E-state index contributed by atoms with van der Waals surface area (Å²) in [5.41, 5.74) is -1.80. The molecule has 0 amide bonds. The van der Waals surface area contributed by atoms with E-state index in [4.69, 9.17) is 23.2 Å². The number of hydrogen-bond acceptors (Lipinski definition) is 4. The van der Waals surface area contributed by atoms with E-state index in [2.05, 4.69) is 14.9 Å². The molecule has 1 unspecified atom stereocenters. The van der Waals surface area contributed by atoms with Gasteiger partial charge in [0.05, 0.1) is 21.8 Å². The van der Waals surface area contributed by atoms with Gasteiger partial charge in [0.1, 0.15) is 5.67 Å². The Bertz CT molecular complexity index is 809. The maximum Gasteiger partial charge on any atom is 0.208 e. The van der Waals surface area contributed by atoms with Crippen molar-refractivity contribution in [2.75, 3.05) is 32.4 Å². The van der Waals surface area contributed by atoms with Crippen LogP contribution in [0.3, 0.4) is 0 Å². The monoisotopic (exact) mass is 451 g/mol. The third-order valence-corrected chi connectivity index (χ3v) is 7.84. The van der Waals surface area contributed by atoms with Gasteiger partial charge in [0.2, 0.25) is 10.0 Å². The average Bonchev–Trinajstić information content (AvgIpc) is 2.65. The van der Waals surface area contributed by atoms with Crippen LogP contribution in [0.5, 0.6) is 0 Å². The van der Waals surface area contributed by atoms with Crippen molar-refractivity contribution < 1.29 is 12.8 Å². The van der Waals surface area contributed by atoms with E-state index in [0.29, 0.717) is 41.5 Å². The van der Waals surface area contributed by atoms with Crippen molar-refractivity contribution in [2.24, 2.45) is 0 Å². The minimum absolute atomic E-state index is 0.235. The molecule has 1 aromatic rings. The molecule has 2 fully saturated rings. The van der Waals surface area contributed by atoms with Gasteiger partial charge in [-0.3, -0.25) is 4.90 Å². The van der Waals surface area contributed by atoms with E-state index in [1.54, 1.807) is 6.07 Å². The number of nitrogens with one attached hydrogen (secondary N) is 2. The molecule has 1 aliphatic carbocycles. The van der Waals surface area contributed by atoms with Gasteiger partial charge in [-0.1, -0.05) is 35.3 Å². The van der Waals surface area contributed by atoms with Crippen LogP contribution in [0, 0.1) is 0 Å². The van der Waals surface area contributed by atoms with Crippen molar-refractivity contribution in [2.45, 2.75) is 49.9 Å². The minimum Gasteiger partial charge on any atom is -0.314 e. The Labute approximate surface area is 177 Å². The predicted molar refractivity (Wildman–Crippen MR) is 112 cm³/mol. The third-order valence-electron chi connectivity index (χ3n) is 6.26. The van der Waals surface area contributed by atoms with Crippen LogP contribution in [0.2, 0.25) is 10.0 Å². The lowest BCUT2D eigenvalue weighted by atomic mass is 9.67. The molecule has 1 heterocycles. The van der Waals surface area contributed by atoms with Gasteiger partial charge in [-0.15, -0.1) is 0 Å². The normalized spacial score (nSPS) is 29.4. The fourth-order valence-electron chi connectivity index (χ4n) is 4.67. The fraction of sp³-hybridized carbons (Fsp3) is 0.684. The van der Waals surface area contributed by atoms with Crippen LogP contribution >= 0.6 is 23.2 Å². The van der Waals surface area contributed by atoms with Crippen LogP contribution in [0.4, 0.5) is 4.39 Å². The number of halogens is 3. The quantitative estimate of drug-likeness (QED) is 0.720. The highest BCUT2D eigenvalue weighted by molar-refractivity contribution is 7.88. The van der Waals surface area contributed by atoms with E-state index in [9.17, 15) is 8.42 Å². The lowest BCUT2D eigenvalue weighted by Gasteiger charge is -2.54. The predicted octanol–water partition coefficient (Wildman–Crippen LogP) is 3.31. The lowest BCUT2D eigenvalue weighted by molar-refractivity contribution is -0.0829. The van der Waals surface area contributed by atoms with E-state index in [0.717, 1.165) is 19.3 Å². The van der Waals surface area contributed by atoms with Gasteiger partial charge in [0, 0.05) is 32.2 Å². The van der Waals surface area contributed by atoms with E-state index < -0.39 is 21.2 Å². The van der Waals surface area contributed by atoms with E-state index in [-0.39, 0.29) is 18.9 Å². The third kappa shape index (κ3) is 4.35. The SMILES string of the molecule is CC(c1cccc(Cl)c1Cl)(N1CCNCC1)C1(F)CCC(NS(C)(=O)=O)CC1. The number of hydrogen-bond donors (Lipinski definition) is 2. The molecular formula is C19H28Cl2FN3O2S. The molecule has 0 bridgehead atoms. The first-order chi connectivity index (χ1) is 13.1. The summed E-state index contributed by atoms with van der Waals surface area (Å²) in [7, 11) is -3.31. The van der Waals surface area contributed by atoms with E-state index in [1.807, 2.05) is 19.1 Å². The maximum atomic E-state index is 16.7. The Hall–Kier alpha value is -0.440. The highest BCUT2D eigenvalue weighted by atomic mass is 35.5. The van der Waals surface area contributed by atoms with Crippen LogP contribution in [-0.4, -0.2) is 57.5 Å². The van der Waals surface area contributed by atoms with Gasteiger partial charge in [-0.25, -0.2) is 17.5 Å². The summed E-state index contributed by atoms with van der Waals surface area (Å²) in [6.07, 6.45) is 2.54. The second-order valence-electron chi connectivity index (χ2n) is 8.04. The van der Waals surface area contributed by atoms with Gasteiger partial charge in [-0.05, 0) is 44.2 Å². The first-order valence-electron chi connectivity index (χ1n) is 9.63. The summed E-state index contributed by atoms with van der Waals surface area (Å²) in [6, 6.07) is 5.15. The first-order valence-corrected chi connectivity index (χ1v) is 12.3. The molecule has 5 nitrogen and oxygen atoms in total. The Morgan fingerprint density at radius 2 is 1.86 bits per heavy atom. The highest BCUT2D eigenvalue weighted by Crippen LogP contribution is 2.51. The average molecular weight is 452 g/mol. The molecule has 1 saturated heterocycles. The molecule has 158 valence electrons. The van der Waals surface area contributed by atoms with Gasteiger partial charge >= 0.3 is 0 Å². The fourth-order valence-corrected chi connectivity index (χ4v) is 6.00. The molecule has 1 aliphatic heterocycles. The lowest BCUT2D eigenvalue weighted by Crippen LogP contribution is -2.63. The zero-order valence-electron chi connectivity index (χ0n) is 16.3. The number of alkyl halides is 1. The molecule has 2 N–H and O–H groups in total. The molecular weight excluding hydrogens is 424 g/mol. The number of nitrogens with zero attached hydrogens (tertiary/aromatic N) is 1. The Kier molecular flexibility index (Phi) is 6.64. The molecule has 1 aromatic carbocycles. The van der Waals surface area contributed by atoms with Gasteiger partial charge in [0.15, 0.2) is 0 Å². The van der Waals surface area contributed by atoms with Crippen molar-refractivity contribution in [3.8, 4) is 0 Å². The second-order valence-corrected chi connectivity index (χ2v) is 10.6. The summed E-state index contributed by atoms with van der Waals surface area (Å²) >= 11 is 12.8. The molecule has 0 spiro atoms. The summed E-state index contributed by atoms with van der Waals surface area (Å²) in [5.74, 6) is 0. The molecule has 1 atom stereocenters. The Balaban J connectivity index is 1.96. The van der Waals surface area contributed by atoms with E-state index >= 15 is 4.39 Å². The Morgan fingerprint density at radius 1 is 1.25 bits per heavy atom. The number of sulfonamides is 1. The second kappa shape index (κ2) is 8.36. The molecule has 2 aliphatic rings. The van der Waals surface area contributed by atoms with Crippen molar-refractivity contribution >= 4 is 33.2 Å². The number of rotatable bonds is 5. The molecule has 9 heteroatoms. The zero-order chi connectivity index (χ0) is 20.6. The number of benzene rings is 1. The topological polar surface area (TPSA) is 61.4 Å². The van der Waals surface area contributed by atoms with Crippen molar-refractivity contribution in [1.29, 1.82) is 0 Å². The van der Waals surface area contributed by atoms with Crippen molar-refractivity contribution in [3.05, 3.63) is 33.8 Å². The van der Waals surface area contributed by atoms with Crippen LogP contribution in [0.1, 0.15) is 38.2 Å². The molecule has 0 aromatic heterocycles. The summed E-state index contributed by atoms with van der Waals surface area (Å²) in [5, 5.41) is 4.11. The maximum absolute atomic E-state index is 16.7. The van der Waals surface area contributed by atoms with Crippen molar-refractivity contribution in [1.82, 2.24) is 14.9 Å². The van der Waals surface area contributed by atoms with Crippen LogP contribution in [0.15, 0.2) is 18.2 Å². The molecule has 1 saturated carbocycles. The van der Waals surface area contributed by atoms with E-state index in [1.165, 1.54) is 0 Å². The summed E-state index contributed by atoms with van der Waals surface area (Å²) in [6.45, 7) is 4.89. The van der Waals surface area contributed by atoms with Crippen LogP contribution < -0.4 is 10.0 Å². The smallest absolute Gasteiger partial charge is 0.208 e. The van der Waals surface area contributed by atoms with Gasteiger partial charge < -0.3 is 5.32 Å².